The third kappa shape index (κ3) is 0.833. The Labute approximate surface area is 75.4 Å². The van der Waals surface area contributed by atoms with Gasteiger partial charge in [-0.3, -0.25) is 0 Å². The molecule has 3 heterocycles. The fraction of sp³-hybridized carbons (Fsp3) is 0.333. The number of rotatable bonds is 0. The molecule has 0 fully saturated rings. The van der Waals surface area contributed by atoms with E-state index < -0.39 is 0 Å². The van der Waals surface area contributed by atoms with E-state index in [2.05, 4.69) is 14.5 Å². The van der Waals surface area contributed by atoms with Gasteiger partial charge >= 0.3 is 0 Å². The lowest BCUT2D eigenvalue weighted by Crippen LogP contribution is -2.06. The third-order valence-electron chi connectivity index (χ3n) is 2.53. The van der Waals surface area contributed by atoms with Crippen LogP contribution in [0.3, 0.4) is 0 Å². The lowest BCUT2D eigenvalue weighted by molar-refractivity contribution is 0.684. The highest BCUT2D eigenvalue weighted by Gasteiger charge is 2.23. The van der Waals surface area contributed by atoms with Crippen LogP contribution in [-0.2, 0) is 6.54 Å². The van der Waals surface area contributed by atoms with E-state index in [1.54, 1.807) is 6.20 Å². The SMILES string of the molecule is NC1CCn2c1nc1cccnc12. The standard InChI is InChI=1S/C9H10N4/c10-6-3-5-13-8(6)12-7-2-1-4-11-9(7)13/h1-2,4,6H,3,5,10H2. The average Bonchev–Trinajstić information content (AvgIpc) is 2.67. The maximum Gasteiger partial charge on any atom is 0.160 e. The number of aryl methyl sites for hydroxylation is 1. The van der Waals surface area contributed by atoms with Gasteiger partial charge in [0.25, 0.3) is 0 Å². The zero-order valence-electron chi connectivity index (χ0n) is 7.14. The van der Waals surface area contributed by atoms with Gasteiger partial charge in [-0.25, -0.2) is 9.97 Å². The van der Waals surface area contributed by atoms with Gasteiger partial charge in [0.2, 0.25) is 0 Å². The largest absolute Gasteiger partial charge is 0.321 e. The molecular weight excluding hydrogens is 164 g/mol. The first-order valence-corrected chi connectivity index (χ1v) is 4.43. The first kappa shape index (κ1) is 7.03. The topological polar surface area (TPSA) is 56.7 Å². The maximum atomic E-state index is 5.90. The number of fused-ring (bicyclic) bond motifs is 3. The van der Waals surface area contributed by atoms with Crippen molar-refractivity contribution in [1.29, 1.82) is 0 Å². The summed E-state index contributed by atoms with van der Waals surface area (Å²) in [5.41, 5.74) is 7.81. The summed E-state index contributed by atoms with van der Waals surface area (Å²) in [5.74, 6) is 0.980. The lowest BCUT2D eigenvalue weighted by atomic mass is 10.3. The van der Waals surface area contributed by atoms with E-state index in [4.69, 9.17) is 5.73 Å². The summed E-state index contributed by atoms with van der Waals surface area (Å²) in [6, 6.07) is 3.96. The van der Waals surface area contributed by atoms with E-state index in [1.807, 2.05) is 12.1 Å². The van der Waals surface area contributed by atoms with Gasteiger partial charge in [-0.05, 0) is 18.6 Å². The number of hydrogen-bond donors (Lipinski definition) is 1. The van der Waals surface area contributed by atoms with Crippen molar-refractivity contribution in [2.75, 3.05) is 0 Å². The van der Waals surface area contributed by atoms with E-state index in [0.717, 1.165) is 30.0 Å². The van der Waals surface area contributed by atoms with Crippen molar-refractivity contribution >= 4 is 11.2 Å². The van der Waals surface area contributed by atoms with Crippen LogP contribution < -0.4 is 5.73 Å². The van der Waals surface area contributed by atoms with Crippen molar-refractivity contribution in [3.05, 3.63) is 24.2 Å². The van der Waals surface area contributed by atoms with Gasteiger partial charge < -0.3 is 10.3 Å². The van der Waals surface area contributed by atoms with Crippen LogP contribution in [0.1, 0.15) is 18.3 Å². The van der Waals surface area contributed by atoms with Gasteiger partial charge in [0, 0.05) is 12.7 Å². The van der Waals surface area contributed by atoms with Gasteiger partial charge in [0.1, 0.15) is 11.3 Å². The average molecular weight is 174 g/mol. The Kier molecular flexibility index (Phi) is 1.24. The van der Waals surface area contributed by atoms with Gasteiger partial charge in [0.05, 0.1) is 6.04 Å². The number of aromatic nitrogens is 3. The fourth-order valence-corrected chi connectivity index (χ4v) is 1.88. The minimum absolute atomic E-state index is 0.0919. The van der Waals surface area contributed by atoms with Gasteiger partial charge in [-0.1, -0.05) is 0 Å². The maximum absolute atomic E-state index is 5.90. The first-order chi connectivity index (χ1) is 6.36. The molecule has 0 bridgehead atoms. The van der Waals surface area contributed by atoms with Crippen LogP contribution in [0.2, 0.25) is 0 Å². The van der Waals surface area contributed by atoms with Crippen LogP contribution in [0.15, 0.2) is 18.3 Å². The monoisotopic (exact) mass is 174 g/mol. The van der Waals surface area contributed by atoms with E-state index in [-0.39, 0.29) is 6.04 Å². The molecule has 0 saturated heterocycles. The van der Waals surface area contributed by atoms with Crippen molar-refractivity contribution in [3.63, 3.8) is 0 Å². The Morgan fingerprint density at radius 3 is 3.38 bits per heavy atom. The number of nitrogens with zero attached hydrogens (tertiary/aromatic N) is 3. The number of imidazole rings is 1. The summed E-state index contributed by atoms with van der Waals surface area (Å²) in [4.78, 5) is 8.74. The number of hydrogen-bond acceptors (Lipinski definition) is 3. The van der Waals surface area contributed by atoms with Crippen LogP contribution in [0.4, 0.5) is 0 Å². The molecule has 2 aromatic rings. The van der Waals surface area contributed by atoms with Gasteiger partial charge in [-0.2, -0.15) is 0 Å². The molecule has 0 aromatic carbocycles. The van der Waals surface area contributed by atoms with Crippen LogP contribution >= 0.6 is 0 Å². The highest BCUT2D eigenvalue weighted by molar-refractivity contribution is 5.71. The molecule has 0 saturated carbocycles. The molecule has 1 aliphatic rings. The molecule has 0 aliphatic carbocycles. The third-order valence-corrected chi connectivity index (χ3v) is 2.53. The highest BCUT2D eigenvalue weighted by atomic mass is 15.2. The molecule has 0 amide bonds. The molecule has 4 heteroatoms. The molecule has 13 heavy (non-hydrogen) atoms. The summed E-state index contributed by atoms with van der Waals surface area (Å²) in [6.45, 7) is 0.948. The molecular formula is C9H10N4. The summed E-state index contributed by atoms with van der Waals surface area (Å²) in [6.07, 6.45) is 2.77. The predicted molar refractivity (Wildman–Crippen MR) is 49.1 cm³/mol. The Morgan fingerprint density at radius 1 is 1.54 bits per heavy atom. The quantitative estimate of drug-likeness (QED) is 0.643. The summed E-state index contributed by atoms with van der Waals surface area (Å²) >= 11 is 0. The van der Waals surface area contributed by atoms with Crippen molar-refractivity contribution < 1.29 is 0 Å². The number of nitrogens with two attached hydrogens (primary N) is 1. The predicted octanol–water partition coefficient (Wildman–Crippen LogP) is 0.835. The molecule has 0 spiro atoms. The van der Waals surface area contributed by atoms with E-state index in [9.17, 15) is 0 Å². The summed E-state index contributed by atoms with van der Waals surface area (Å²) in [5, 5.41) is 0. The van der Waals surface area contributed by atoms with Crippen molar-refractivity contribution in [2.45, 2.75) is 19.0 Å². The smallest absolute Gasteiger partial charge is 0.160 e. The lowest BCUT2D eigenvalue weighted by Gasteiger charge is -1.95. The van der Waals surface area contributed by atoms with Crippen molar-refractivity contribution in [3.8, 4) is 0 Å². The Bertz CT molecular complexity index is 460. The minimum atomic E-state index is 0.0919. The number of pyridine rings is 1. The molecule has 1 atom stereocenters. The summed E-state index contributed by atoms with van der Waals surface area (Å²) in [7, 11) is 0. The molecule has 0 radical (unpaired) electrons. The normalized spacial score (nSPS) is 20.8. The Hall–Kier alpha value is -1.42. The van der Waals surface area contributed by atoms with Crippen LogP contribution in [0.25, 0.3) is 11.2 Å². The molecule has 1 unspecified atom stereocenters. The van der Waals surface area contributed by atoms with E-state index in [0.29, 0.717) is 0 Å². The second-order valence-electron chi connectivity index (χ2n) is 3.36. The molecule has 3 rings (SSSR count). The van der Waals surface area contributed by atoms with Gasteiger partial charge in [-0.15, -0.1) is 0 Å². The second-order valence-corrected chi connectivity index (χ2v) is 3.36. The Morgan fingerprint density at radius 2 is 2.46 bits per heavy atom. The highest BCUT2D eigenvalue weighted by Crippen LogP contribution is 2.26. The van der Waals surface area contributed by atoms with Crippen molar-refractivity contribution in [2.24, 2.45) is 5.73 Å². The molecule has 2 aromatic heterocycles. The Balaban J connectivity index is 2.38. The molecule has 1 aliphatic heterocycles. The van der Waals surface area contributed by atoms with Crippen LogP contribution in [0, 0.1) is 0 Å². The minimum Gasteiger partial charge on any atom is -0.321 e. The first-order valence-electron chi connectivity index (χ1n) is 4.43. The van der Waals surface area contributed by atoms with Crippen LogP contribution in [-0.4, -0.2) is 14.5 Å². The molecule has 66 valence electrons. The zero-order chi connectivity index (χ0) is 8.84. The van der Waals surface area contributed by atoms with E-state index >= 15 is 0 Å². The van der Waals surface area contributed by atoms with Gasteiger partial charge in [0.15, 0.2) is 5.65 Å². The molecule has 4 nitrogen and oxygen atoms in total. The molecule has 2 N–H and O–H groups in total. The van der Waals surface area contributed by atoms with E-state index in [1.165, 1.54) is 0 Å². The fourth-order valence-electron chi connectivity index (χ4n) is 1.88. The summed E-state index contributed by atoms with van der Waals surface area (Å²) < 4.78 is 2.11. The second kappa shape index (κ2) is 2.29. The van der Waals surface area contributed by atoms with Crippen molar-refractivity contribution in [1.82, 2.24) is 14.5 Å². The van der Waals surface area contributed by atoms with Crippen LogP contribution in [0.5, 0.6) is 0 Å². The zero-order valence-corrected chi connectivity index (χ0v) is 7.14.